The molecule has 2 saturated carbocycles. The van der Waals surface area contributed by atoms with Gasteiger partial charge >= 0.3 is 23.0 Å². The Kier molecular flexibility index (Phi) is 12.9. The zero-order valence-electron chi connectivity index (χ0n) is 33.1. The number of benzene rings is 3. The molecule has 3 aliphatic heterocycles. The molecule has 3 heterocycles. The van der Waals surface area contributed by atoms with Gasteiger partial charge in [0.2, 0.25) is 0 Å². The SMILES string of the molecule is CC[C@]1(C[C@@H]2CC(C(=O)OC)=C3Nc4ccccc4[C@@]34CCN([C@H](C)[C]3[CH][CH][CH][C]3P(c3ccccc3)c3ccccc3)[C@@H]24)COC(C)(C)O1.[CH]1[CH][CH][CH][CH]1.[Fe+2]. The summed E-state index contributed by atoms with van der Waals surface area (Å²) in [7, 11) is 0.749. The van der Waals surface area contributed by atoms with Crippen LogP contribution in [0.4, 0.5) is 5.69 Å². The Morgan fingerprint density at radius 1 is 0.911 bits per heavy atom. The van der Waals surface area contributed by atoms with E-state index in [1.807, 2.05) is 46.0 Å². The van der Waals surface area contributed by atoms with Crippen molar-refractivity contribution in [3.05, 3.63) is 165 Å². The minimum absolute atomic E-state index is 0. The van der Waals surface area contributed by atoms with Crippen LogP contribution < -0.4 is 15.9 Å². The first-order chi connectivity index (χ1) is 26.7. The third-order valence-corrected chi connectivity index (χ3v) is 14.9. The van der Waals surface area contributed by atoms with Gasteiger partial charge in [-0.3, -0.25) is 4.90 Å². The van der Waals surface area contributed by atoms with Crippen molar-refractivity contribution >= 4 is 30.2 Å². The van der Waals surface area contributed by atoms with E-state index < -0.39 is 19.3 Å². The molecule has 5 atom stereocenters. The molecule has 56 heavy (non-hydrogen) atoms. The zero-order chi connectivity index (χ0) is 38.2. The number of nitrogens with one attached hydrogen (secondary N) is 1. The van der Waals surface area contributed by atoms with Gasteiger partial charge in [0.1, 0.15) is 0 Å². The average molecular weight is 809 g/mol. The summed E-state index contributed by atoms with van der Waals surface area (Å²) in [5, 5.41) is 6.49. The third-order valence-electron chi connectivity index (χ3n) is 12.4. The maximum atomic E-state index is 13.7. The van der Waals surface area contributed by atoms with Gasteiger partial charge in [-0.15, -0.1) is 0 Å². The smallest absolute Gasteiger partial charge is 0.466 e. The second-order valence-corrected chi connectivity index (χ2v) is 18.1. The maximum absolute atomic E-state index is 13.7. The molecule has 6 aliphatic rings. The van der Waals surface area contributed by atoms with Gasteiger partial charge in [-0.1, -0.05) is 85.8 Å². The van der Waals surface area contributed by atoms with E-state index in [4.69, 9.17) is 14.2 Å². The number of anilines is 1. The average Bonchev–Trinajstić information content (AvgIpc) is 4.07. The number of hydrogen-bond acceptors (Lipinski definition) is 6. The van der Waals surface area contributed by atoms with Crippen LogP contribution in [-0.2, 0) is 41.5 Å². The molecule has 2 saturated heterocycles. The van der Waals surface area contributed by atoms with Gasteiger partial charge in [-0.2, -0.15) is 0 Å². The van der Waals surface area contributed by atoms with E-state index >= 15 is 0 Å². The molecular formula is C48H53FeN2O4P+2. The third kappa shape index (κ3) is 7.71. The van der Waals surface area contributed by atoms with Gasteiger partial charge in [-0.05, 0) is 134 Å². The monoisotopic (exact) mass is 808 g/mol. The number of fused-ring (bicyclic) bond motifs is 1. The number of carbonyl (C=O) groups is 1. The molecule has 1 spiro atoms. The van der Waals surface area contributed by atoms with Gasteiger partial charge in [-0.25, -0.2) is 4.79 Å². The molecule has 3 aromatic carbocycles. The predicted molar refractivity (Wildman–Crippen MR) is 222 cm³/mol. The second kappa shape index (κ2) is 17.4. The summed E-state index contributed by atoms with van der Waals surface area (Å²) in [6, 6.07) is 30.9. The van der Waals surface area contributed by atoms with Crippen LogP contribution in [0.3, 0.4) is 0 Å². The van der Waals surface area contributed by atoms with E-state index in [1.165, 1.54) is 34.9 Å². The van der Waals surface area contributed by atoms with Gasteiger partial charge < -0.3 is 19.5 Å². The molecule has 0 unspecified atom stereocenters. The fourth-order valence-corrected chi connectivity index (χ4v) is 12.6. The summed E-state index contributed by atoms with van der Waals surface area (Å²) in [5.41, 5.74) is 4.81. The van der Waals surface area contributed by atoms with Gasteiger partial charge in [0.15, 0.2) is 5.79 Å². The quantitative estimate of drug-likeness (QED) is 0.133. The summed E-state index contributed by atoms with van der Waals surface area (Å²) in [5.74, 6) is 0.634. The fourth-order valence-electron chi connectivity index (χ4n) is 10.1. The number of ether oxygens (including phenoxy) is 3. The summed E-state index contributed by atoms with van der Waals surface area (Å²) in [4.78, 5) is 16.5. The number of hydrogen-bond donors (Lipinski definition) is 1. The number of methoxy groups -OCH3 is 1. The molecule has 9 rings (SSSR count). The number of rotatable bonds is 9. The van der Waals surface area contributed by atoms with Crippen molar-refractivity contribution in [1.82, 2.24) is 4.90 Å². The minimum atomic E-state index is -0.759. The molecule has 290 valence electrons. The van der Waals surface area contributed by atoms with Crippen LogP contribution in [0.15, 0.2) is 96.2 Å². The van der Waals surface area contributed by atoms with E-state index in [0.717, 1.165) is 42.8 Å². The summed E-state index contributed by atoms with van der Waals surface area (Å²) in [6.45, 7) is 10.1. The van der Waals surface area contributed by atoms with Crippen LogP contribution in [0.1, 0.15) is 58.9 Å². The zero-order valence-corrected chi connectivity index (χ0v) is 35.1. The Morgan fingerprint density at radius 3 is 2.12 bits per heavy atom. The minimum Gasteiger partial charge on any atom is -0.466 e. The largest absolute Gasteiger partial charge is 2.00 e. The van der Waals surface area contributed by atoms with Crippen LogP contribution in [0.25, 0.3) is 0 Å². The maximum Gasteiger partial charge on any atom is 2.00 e. The number of esters is 1. The molecule has 0 aromatic heterocycles. The Hall–Kier alpha value is -2.50. The van der Waals surface area contributed by atoms with Gasteiger partial charge in [0.25, 0.3) is 0 Å². The molecule has 4 fully saturated rings. The molecule has 3 aliphatic carbocycles. The first-order valence-corrected chi connectivity index (χ1v) is 21.2. The van der Waals surface area contributed by atoms with E-state index in [9.17, 15) is 4.79 Å². The molecule has 10 radical (unpaired) electrons. The Labute approximate surface area is 348 Å². The summed E-state index contributed by atoms with van der Waals surface area (Å²) in [6.07, 6.45) is 20.1. The van der Waals surface area contributed by atoms with Crippen molar-refractivity contribution in [1.29, 1.82) is 0 Å². The van der Waals surface area contributed by atoms with Gasteiger partial charge in [0, 0.05) is 41.6 Å². The first-order valence-electron chi connectivity index (χ1n) is 19.8. The Bertz CT molecular complexity index is 1790. The van der Waals surface area contributed by atoms with Crippen molar-refractivity contribution in [3.63, 3.8) is 0 Å². The molecular weight excluding hydrogens is 755 g/mol. The van der Waals surface area contributed by atoms with E-state index in [-0.39, 0.29) is 46.5 Å². The van der Waals surface area contributed by atoms with E-state index in [2.05, 4.69) is 128 Å². The van der Waals surface area contributed by atoms with Crippen molar-refractivity contribution in [2.24, 2.45) is 5.92 Å². The fraction of sp³-hybridized carbons (Fsp3) is 0.354. The van der Waals surface area contributed by atoms with Gasteiger partial charge in [0.05, 0.1) is 30.3 Å². The van der Waals surface area contributed by atoms with Crippen LogP contribution in [0, 0.1) is 68.9 Å². The van der Waals surface area contributed by atoms with E-state index in [0.29, 0.717) is 13.0 Å². The van der Waals surface area contributed by atoms with Crippen molar-refractivity contribution in [3.8, 4) is 0 Å². The van der Waals surface area contributed by atoms with Crippen LogP contribution in [0.2, 0.25) is 0 Å². The molecule has 3 aromatic rings. The van der Waals surface area contributed by atoms with Crippen molar-refractivity contribution < 1.29 is 36.1 Å². The van der Waals surface area contributed by atoms with Crippen LogP contribution >= 0.6 is 7.92 Å². The number of likely N-dealkylation sites (tertiary alicyclic amines) is 1. The first kappa shape index (κ1) is 41.7. The number of nitrogens with zero attached hydrogens (tertiary/aromatic N) is 1. The van der Waals surface area contributed by atoms with Crippen LogP contribution in [-0.4, -0.2) is 54.6 Å². The molecule has 8 heteroatoms. The summed E-state index contributed by atoms with van der Waals surface area (Å²) < 4.78 is 18.5. The Balaban J connectivity index is 0.000000744. The molecule has 6 nitrogen and oxygen atoms in total. The second-order valence-electron chi connectivity index (χ2n) is 15.9. The standard InChI is InChI=1S/C43H48N2O4P.C5H5.Fe/c1-6-42(28-48-41(3,4)49-42)27-30-26-34(40(46)47-5)38-43(35-21-13-14-22-36(35)44-38)24-25-45(39(30)43)29(2)33-20-15-23-37(33)50(31-16-9-7-10-17-31)32-18-11-8-12-19-32;1-2-4-5-3-1;/h7-23,29-30,39,44H,6,24-28H2,1-5H3;1-5H;/q;;+2/t29-,30+,39+,42+,43+;;/m1../s1. The molecule has 0 amide bonds. The Morgan fingerprint density at radius 2 is 1.54 bits per heavy atom. The van der Waals surface area contributed by atoms with Crippen LogP contribution in [0.5, 0.6) is 0 Å². The van der Waals surface area contributed by atoms with Crippen molar-refractivity contribution in [2.45, 2.75) is 82.3 Å². The number of carbonyl (C=O) groups excluding carboxylic acids is 1. The summed E-state index contributed by atoms with van der Waals surface area (Å²) >= 11 is 0. The number of para-hydroxylation sites is 1. The molecule has 1 N–H and O–H groups in total. The predicted octanol–water partition coefficient (Wildman–Crippen LogP) is 8.47. The van der Waals surface area contributed by atoms with E-state index in [1.54, 1.807) is 0 Å². The normalized spacial score (nSPS) is 28.8. The topological polar surface area (TPSA) is 60.0 Å². The molecule has 0 bridgehead atoms. The van der Waals surface area contributed by atoms with Crippen molar-refractivity contribution in [2.75, 3.05) is 25.6 Å².